The molecule has 0 bridgehead atoms. The fourth-order valence-electron chi connectivity index (χ4n) is 1.51. The van der Waals surface area contributed by atoms with Crippen LogP contribution in [-0.4, -0.2) is 24.0 Å². The molecule has 0 aliphatic carbocycles. The van der Waals surface area contributed by atoms with Crippen molar-refractivity contribution in [1.29, 1.82) is 0 Å². The normalized spacial score (nSPS) is 17.1. The van der Waals surface area contributed by atoms with Gasteiger partial charge < -0.3 is 10.6 Å². The molecule has 1 unspecified atom stereocenters. The number of anilines is 1. The molecule has 1 aliphatic heterocycles. The molecule has 0 saturated carbocycles. The molecule has 0 spiro atoms. The predicted molar refractivity (Wildman–Crippen MR) is 68.3 cm³/mol. The summed E-state index contributed by atoms with van der Waals surface area (Å²) in [7, 11) is 0. The number of carbonyl (C=O) groups excluding carboxylic acids is 1. The molecule has 90 valence electrons. The van der Waals surface area contributed by atoms with Gasteiger partial charge in [-0.1, -0.05) is 6.92 Å². The van der Waals surface area contributed by atoms with E-state index in [2.05, 4.69) is 15.6 Å². The van der Waals surface area contributed by atoms with E-state index in [0.717, 1.165) is 18.8 Å². The number of nitrogens with zero attached hydrogens (tertiary/aromatic N) is 1. The SMILES string of the molecule is Cc1csc(NC(=O)C(C)C2CNC2)n1.Cl. The number of carbonyl (C=O) groups is 1. The fourth-order valence-corrected chi connectivity index (χ4v) is 2.20. The van der Waals surface area contributed by atoms with Gasteiger partial charge in [-0.15, -0.1) is 23.7 Å². The second-order valence-corrected chi connectivity index (χ2v) is 4.85. The maximum absolute atomic E-state index is 11.8. The average Bonchev–Trinajstić information content (AvgIpc) is 2.48. The van der Waals surface area contributed by atoms with E-state index in [1.807, 2.05) is 19.2 Å². The minimum absolute atomic E-state index is 0. The Balaban J connectivity index is 0.00000128. The van der Waals surface area contributed by atoms with Crippen molar-refractivity contribution in [2.45, 2.75) is 13.8 Å². The van der Waals surface area contributed by atoms with Crippen LogP contribution in [0.4, 0.5) is 5.13 Å². The Labute approximate surface area is 105 Å². The summed E-state index contributed by atoms with van der Waals surface area (Å²) in [5.41, 5.74) is 0.952. The highest BCUT2D eigenvalue weighted by Crippen LogP contribution is 2.20. The van der Waals surface area contributed by atoms with Crippen molar-refractivity contribution in [2.75, 3.05) is 18.4 Å². The van der Waals surface area contributed by atoms with Gasteiger partial charge in [0.2, 0.25) is 5.91 Å². The van der Waals surface area contributed by atoms with E-state index in [9.17, 15) is 4.79 Å². The molecule has 2 N–H and O–H groups in total. The van der Waals surface area contributed by atoms with Crippen molar-refractivity contribution in [2.24, 2.45) is 11.8 Å². The summed E-state index contributed by atoms with van der Waals surface area (Å²) >= 11 is 1.47. The Kier molecular flexibility index (Phi) is 4.70. The van der Waals surface area contributed by atoms with Gasteiger partial charge in [-0.05, 0) is 25.9 Å². The zero-order valence-corrected chi connectivity index (χ0v) is 11.0. The Hall–Kier alpha value is -0.650. The minimum atomic E-state index is 0. The van der Waals surface area contributed by atoms with Crippen molar-refractivity contribution in [3.63, 3.8) is 0 Å². The van der Waals surface area contributed by atoms with Crippen LogP contribution >= 0.6 is 23.7 Å². The van der Waals surface area contributed by atoms with Crippen LogP contribution in [0.25, 0.3) is 0 Å². The lowest BCUT2D eigenvalue weighted by atomic mass is 9.88. The summed E-state index contributed by atoms with van der Waals surface area (Å²) in [6.45, 7) is 5.80. The number of aromatic nitrogens is 1. The Bertz CT molecular complexity index is 365. The highest BCUT2D eigenvalue weighted by Gasteiger charge is 2.28. The lowest BCUT2D eigenvalue weighted by molar-refractivity contribution is -0.121. The van der Waals surface area contributed by atoms with Gasteiger partial charge in [0.15, 0.2) is 5.13 Å². The average molecular weight is 262 g/mol. The third kappa shape index (κ3) is 2.93. The first-order chi connectivity index (χ1) is 7.16. The summed E-state index contributed by atoms with van der Waals surface area (Å²) in [6, 6.07) is 0. The van der Waals surface area contributed by atoms with E-state index in [-0.39, 0.29) is 24.2 Å². The van der Waals surface area contributed by atoms with Crippen molar-refractivity contribution in [1.82, 2.24) is 10.3 Å². The number of aryl methyl sites for hydroxylation is 1. The van der Waals surface area contributed by atoms with E-state index >= 15 is 0 Å². The largest absolute Gasteiger partial charge is 0.316 e. The zero-order chi connectivity index (χ0) is 10.8. The van der Waals surface area contributed by atoms with Gasteiger partial charge in [0.25, 0.3) is 0 Å². The van der Waals surface area contributed by atoms with Crippen LogP contribution < -0.4 is 10.6 Å². The topological polar surface area (TPSA) is 54.0 Å². The Morgan fingerprint density at radius 1 is 1.69 bits per heavy atom. The van der Waals surface area contributed by atoms with E-state index in [1.165, 1.54) is 11.3 Å². The molecule has 1 aliphatic rings. The van der Waals surface area contributed by atoms with Crippen LogP contribution in [0.15, 0.2) is 5.38 Å². The van der Waals surface area contributed by atoms with Crippen LogP contribution in [-0.2, 0) is 4.79 Å². The van der Waals surface area contributed by atoms with Crippen LogP contribution in [0.5, 0.6) is 0 Å². The van der Waals surface area contributed by atoms with Gasteiger partial charge in [0.05, 0.1) is 5.69 Å². The second-order valence-electron chi connectivity index (χ2n) is 3.99. The molecular formula is C10H16ClN3OS. The molecule has 1 saturated heterocycles. The fraction of sp³-hybridized carbons (Fsp3) is 0.600. The number of hydrogen-bond acceptors (Lipinski definition) is 4. The molecule has 6 heteroatoms. The third-order valence-corrected chi connectivity index (χ3v) is 3.66. The maximum Gasteiger partial charge on any atom is 0.229 e. The number of rotatable bonds is 3. The Morgan fingerprint density at radius 2 is 2.38 bits per heavy atom. The molecule has 16 heavy (non-hydrogen) atoms. The molecular weight excluding hydrogens is 246 g/mol. The molecule has 1 atom stereocenters. The predicted octanol–water partition coefficient (Wildman–Crippen LogP) is 1.67. The molecule has 1 fully saturated rings. The molecule has 2 heterocycles. The number of thiazole rings is 1. The maximum atomic E-state index is 11.8. The van der Waals surface area contributed by atoms with Crippen LogP contribution in [0.3, 0.4) is 0 Å². The van der Waals surface area contributed by atoms with Crippen molar-refractivity contribution in [3.8, 4) is 0 Å². The Morgan fingerprint density at radius 3 is 2.81 bits per heavy atom. The highest BCUT2D eigenvalue weighted by molar-refractivity contribution is 7.13. The van der Waals surface area contributed by atoms with Gasteiger partial charge >= 0.3 is 0 Å². The number of hydrogen-bond donors (Lipinski definition) is 2. The number of amides is 1. The smallest absolute Gasteiger partial charge is 0.229 e. The van der Waals surface area contributed by atoms with E-state index in [4.69, 9.17) is 0 Å². The van der Waals surface area contributed by atoms with Crippen LogP contribution in [0.1, 0.15) is 12.6 Å². The summed E-state index contributed by atoms with van der Waals surface area (Å²) in [5.74, 6) is 0.623. The molecule has 4 nitrogen and oxygen atoms in total. The molecule has 0 aromatic carbocycles. The van der Waals surface area contributed by atoms with Crippen LogP contribution in [0.2, 0.25) is 0 Å². The lowest BCUT2D eigenvalue weighted by Gasteiger charge is -2.31. The highest BCUT2D eigenvalue weighted by atomic mass is 35.5. The molecule has 1 aromatic rings. The minimum Gasteiger partial charge on any atom is -0.316 e. The quantitative estimate of drug-likeness (QED) is 0.870. The molecule has 1 amide bonds. The van der Waals surface area contributed by atoms with Gasteiger partial charge in [0.1, 0.15) is 0 Å². The van der Waals surface area contributed by atoms with E-state index < -0.39 is 0 Å². The molecule has 1 aromatic heterocycles. The first-order valence-electron chi connectivity index (χ1n) is 5.10. The van der Waals surface area contributed by atoms with Gasteiger partial charge in [0, 0.05) is 11.3 Å². The number of nitrogens with one attached hydrogen (secondary N) is 2. The summed E-state index contributed by atoms with van der Waals surface area (Å²) in [5, 5.41) is 8.67. The van der Waals surface area contributed by atoms with Crippen molar-refractivity contribution in [3.05, 3.63) is 11.1 Å². The van der Waals surface area contributed by atoms with Crippen molar-refractivity contribution >= 4 is 34.8 Å². The third-order valence-electron chi connectivity index (χ3n) is 2.78. The van der Waals surface area contributed by atoms with Gasteiger partial charge in [-0.25, -0.2) is 4.98 Å². The monoisotopic (exact) mass is 261 g/mol. The summed E-state index contributed by atoms with van der Waals surface area (Å²) < 4.78 is 0. The molecule has 2 rings (SSSR count). The zero-order valence-electron chi connectivity index (χ0n) is 9.32. The lowest BCUT2D eigenvalue weighted by Crippen LogP contribution is -2.48. The van der Waals surface area contributed by atoms with Crippen molar-refractivity contribution < 1.29 is 4.79 Å². The summed E-state index contributed by atoms with van der Waals surface area (Å²) in [6.07, 6.45) is 0. The van der Waals surface area contributed by atoms with Gasteiger partial charge in [-0.3, -0.25) is 4.79 Å². The van der Waals surface area contributed by atoms with Gasteiger partial charge in [-0.2, -0.15) is 0 Å². The van der Waals surface area contributed by atoms with Crippen LogP contribution in [0, 0.1) is 18.8 Å². The first kappa shape index (κ1) is 13.4. The molecule has 0 radical (unpaired) electrons. The standard InChI is InChI=1S/C10H15N3OS.ClH/c1-6-5-15-10(12-6)13-9(14)7(2)8-3-11-4-8;/h5,7-8,11H,3-4H2,1-2H3,(H,12,13,14);1H. The first-order valence-corrected chi connectivity index (χ1v) is 5.98. The van der Waals surface area contributed by atoms with E-state index in [0.29, 0.717) is 11.0 Å². The second kappa shape index (κ2) is 5.61. The van der Waals surface area contributed by atoms with E-state index in [1.54, 1.807) is 0 Å². The summed E-state index contributed by atoms with van der Waals surface area (Å²) in [4.78, 5) is 16.0. The number of halogens is 1.